The van der Waals surface area contributed by atoms with E-state index in [1.165, 1.54) is 0 Å². The summed E-state index contributed by atoms with van der Waals surface area (Å²) < 4.78 is 6.90. The van der Waals surface area contributed by atoms with Crippen molar-refractivity contribution in [2.24, 2.45) is 0 Å². The van der Waals surface area contributed by atoms with Gasteiger partial charge in [0.05, 0.1) is 13.3 Å². The number of thioether (sulfide) groups is 1. The minimum absolute atomic E-state index is 0.108. The summed E-state index contributed by atoms with van der Waals surface area (Å²) in [5, 5.41) is 4.17. The van der Waals surface area contributed by atoms with Crippen LogP contribution in [0.1, 0.15) is 30.3 Å². The van der Waals surface area contributed by atoms with Crippen molar-refractivity contribution in [1.82, 2.24) is 9.78 Å². The highest BCUT2D eigenvalue weighted by atomic mass is 32.2. The molecule has 1 rings (SSSR count). The van der Waals surface area contributed by atoms with Gasteiger partial charge in [-0.1, -0.05) is 6.92 Å². The third kappa shape index (κ3) is 3.01. The van der Waals surface area contributed by atoms with Crippen molar-refractivity contribution in [2.75, 3.05) is 19.1 Å². The molecule has 0 atom stereocenters. The van der Waals surface area contributed by atoms with Crippen molar-refractivity contribution in [3.63, 3.8) is 0 Å². The molecule has 0 radical (unpaired) electrons. The average molecular weight is 242 g/mol. The van der Waals surface area contributed by atoms with Gasteiger partial charge in [-0.15, -0.1) is 0 Å². The normalized spacial score (nSPS) is 10.4. The number of hydrogen-bond acceptors (Lipinski definition) is 4. The van der Waals surface area contributed by atoms with E-state index in [1.807, 2.05) is 6.26 Å². The number of hydrogen-bond donors (Lipinski definition) is 0. The number of Topliss-reactive ketones (excluding diaryl/α,β-unsaturated/α-hetero) is 1. The van der Waals surface area contributed by atoms with Crippen molar-refractivity contribution < 1.29 is 9.53 Å². The Morgan fingerprint density at radius 3 is 2.94 bits per heavy atom. The lowest BCUT2D eigenvalue weighted by Crippen LogP contribution is -2.12. The zero-order chi connectivity index (χ0) is 12.0. The third-order valence-electron chi connectivity index (χ3n) is 2.26. The van der Waals surface area contributed by atoms with Crippen molar-refractivity contribution in [3.8, 4) is 5.75 Å². The monoisotopic (exact) mass is 242 g/mol. The molecular formula is C11H18N2O2S. The highest BCUT2D eigenvalue weighted by Crippen LogP contribution is 2.20. The van der Waals surface area contributed by atoms with Crippen molar-refractivity contribution in [2.45, 2.75) is 26.3 Å². The van der Waals surface area contributed by atoms with Gasteiger partial charge in [0, 0.05) is 18.7 Å². The first kappa shape index (κ1) is 13.1. The van der Waals surface area contributed by atoms with Gasteiger partial charge in [-0.25, -0.2) is 0 Å². The molecule has 0 saturated heterocycles. The summed E-state index contributed by atoms with van der Waals surface area (Å²) in [7, 11) is 1.57. The predicted molar refractivity (Wildman–Crippen MR) is 66.4 cm³/mol. The Hall–Kier alpha value is -0.970. The second kappa shape index (κ2) is 6.58. The molecule has 0 fully saturated rings. The number of ether oxygens (including phenoxy) is 1. The lowest BCUT2D eigenvalue weighted by atomic mass is 10.2. The maximum Gasteiger partial charge on any atom is 0.185 e. The van der Waals surface area contributed by atoms with Crippen molar-refractivity contribution in [3.05, 3.63) is 11.9 Å². The molecule has 0 aliphatic carbocycles. The van der Waals surface area contributed by atoms with E-state index in [0.29, 0.717) is 17.9 Å². The topological polar surface area (TPSA) is 44.1 Å². The zero-order valence-electron chi connectivity index (χ0n) is 10.0. The average Bonchev–Trinajstić information content (AvgIpc) is 2.69. The van der Waals surface area contributed by atoms with Gasteiger partial charge in [-0.3, -0.25) is 9.48 Å². The van der Waals surface area contributed by atoms with Crippen molar-refractivity contribution in [1.29, 1.82) is 0 Å². The predicted octanol–water partition coefficient (Wildman–Crippen LogP) is 2.24. The molecule has 1 aromatic heterocycles. The minimum Gasteiger partial charge on any atom is -0.493 e. The number of aromatic nitrogens is 2. The fourth-order valence-corrected chi connectivity index (χ4v) is 1.88. The van der Waals surface area contributed by atoms with Crippen LogP contribution < -0.4 is 4.74 Å². The maximum atomic E-state index is 12.0. The molecule has 0 spiro atoms. The number of nitrogens with zero attached hydrogens (tertiary/aromatic N) is 2. The van der Waals surface area contributed by atoms with Crippen molar-refractivity contribution >= 4 is 17.5 Å². The molecule has 90 valence electrons. The molecule has 0 aliphatic heterocycles. The molecule has 16 heavy (non-hydrogen) atoms. The first-order chi connectivity index (χ1) is 7.74. The van der Waals surface area contributed by atoms with Crippen LogP contribution in [0.4, 0.5) is 0 Å². The second-order valence-electron chi connectivity index (χ2n) is 3.45. The fraction of sp³-hybridized carbons (Fsp3) is 0.636. The Kier molecular flexibility index (Phi) is 5.38. The van der Waals surface area contributed by atoms with Crippen LogP contribution in [0.5, 0.6) is 5.75 Å². The molecule has 0 saturated carbocycles. The number of carbonyl (C=O) groups excluding carboxylic acids is 1. The highest BCUT2D eigenvalue weighted by molar-refractivity contribution is 7.98. The Labute approximate surface area is 100 Å². The highest BCUT2D eigenvalue weighted by Gasteiger charge is 2.18. The van der Waals surface area contributed by atoms with Crippen LogP contribution in [0.2, 0.25) is 0 Å². The van der Waals surface area contributed by atoms with Gasteiger partial charge in [0.25, 0.3) is 0 Å². The molecule has 0 bridgehead atoms. The number of methoxy groups -OCH3 is 1. The SMILES string of the molecule is CCCn1ncc(OC)c1C(=O)CCSC. The maximum absolute atomic E-state index is 12.0. The summed E-state index contributed by atoms with van der Waals surface area (Å²) in [4.78, 5) is 12.0. The number of rotatable bonds is 7. The molecule has 4 nitrogen and oxygen atoms in total. The Bertz CT molecular complexity index is 350. The first-order valence-corrected chi connectivity index (χ1v) is 6.75. The van der Waals surface area contributed by atoms with Gasteiger partial charge in [-0.2, -0.15) is 16.9 Å². The van der Waals surface area contributed by atoms with Crippen LogP contribution >= 0.6 is 11.8 Å². The quantitative estimate of drug-likeness (QED) is 0.688. The van der Waals surface area contributed by atoms with Crippen LogP contribution in [-0.2, 0) is 6.54 Å². The lowest BCUT2D eigenvalue weighted by molar-refractivity contribution is 0.0976. The zero-order valence-corrected chi connectivity index (χ0v) is 10.8. The summed E-state index contributed by atoms with van der Waals surface area (Å²) in [5.74, 6) is 1.52. The smallest absolute Gasteiger partial charge is 0.185 e. The van der Waals surface area contributed by atoms with Crippen LogP contribution in [0.15, 0.2) is 6.20 Å². The molecule has 1 heterocycles. The molecule has 5 heteroatoms. The molecule has 0 amide bonds. The fourth-order valence-electron chi connectivity index (χ4n) is 1.49. The minimum atomic E-state index is 0.108. The summed E-state index contributed by atoms with van der Waals surface area (Å²) in [6.07, 6.45) is 5.09. The van der Waals surface area contributed by atoms with E-state index < -0.39 is 0 Å². The Morgan fingerprint density at radius 2 is 2.38 bits per heavy atom. The standard InChI is InChI=1S/C11H18N2O2S/c1-4-6-13-11(9(14)5-7-16-3)10(15-2)8-12-13/h8H,4-7H2,1-3H3. The van der Waals surface area contributed by atoms with Gasteiger partial charge < -0.3 is 4.74 Å². The Balaban J connectivity index is 2.88. The van der Waals surface area contributed by atoms with E-state index >= 15 is 0 Å². The van der Waals surface area contributed by atoms with Gasteiger partial charge in [-0.05, 0) is 12.7 Å². The second-order valence-corrected chi connectivity index (χ2v) is 4.44. The van der Waals surface area contributed by atoms with E-state index in [4.69, 9.17) is 4.74 Å². The number of aryl methyl sites for hydroxylation is 1. The third-order valence-corrected chi connectivity index (χ3v) is 2.87. The van der Waals surface area contributed by atoms with E-state index in [9.17, 15) is 4.79 Å². The molecule has 0 unspecified atom stereocenters. The summed E-state index contributed by atoms with van der Waals surface area (Å²) >= 11 is 1.67. The largest absolute Gasteiger partial charge is 0.493 e. The van der Waals surface area contributed by atoms with Gasteiger partial charge >= 0.3 is 0 Å². The van der Waals surface area contributed by atoms with E-state index in [2.05, 4.69) is 12.0 Å². The molecular weight excluding hydrogens is 224 g/mol. The van der Waals surface area contributed by atoms with Crippen LogP contribution in [0.25, 0.3) is 0 Å². The van der Waals surface area contributed by atoms with E-state index in [-0.39, 0.29) is 5.78 Å². The summed E-state index contributed by atoms with van der Waals surface area (Å²) in [6, 6.07) is 0. The van der Waals surface area contributed by atoms with Crippen LogP contribution in [0, 0.1) is 0 Å². The van der Waals surface area contributed by atoms with Gasteiger partial charge in [0.15, 0.2) is 11.5 Å². The van der Waals surface area contributed by atoms with Gasteiger partial charge in [0.2, 0.25) is 0 Å². The van der Waals surface area contributed by atoms with Crippen LogP contribution in [0.3, 0.4) is 0 Å². The van der Waals surface area contributed by atoms with E-state index in [1.54, 1.807) is 29.8 Å². The van der Waals surface area contributed by atoms with Gasteiger partial charge in [0.1, 0.15) is 5.69 Å². The Morgan fingerprint density at radius 1 is 1.62 bits per heavy atom. The van der Waals surface area contributed by atoms with E-state index in [0.717, 1.165) is 18.7 Å². The summed E-state index contributed by atoms with van der Waals surface area (Å²) in [6.45, 7) is 2.81. The first-order valence-electron chi connectivity index (χ1n) is 5.36. The molecule has 0 aromatic carbocycles. The molecule has 0 N–H and O–H groups in total. The number of ketones is 1. The number of carbonyl (C=O) groups is 1. The molecule has 0 aliphatic rings. The van der Waals surface area contributed by atoms with Crippen LogP contribution in [-0.4, -0.2) is 34.7 Å². The summed E-state index contributed by atoms with van der Waals surface area (Å²) in [5.41, 5.74) is 0.610. The lowest BCUT2D eigenvalue weighted by Gasteiger charge is -2.06. The molecule has 1 aromatic rings.